The maximum absolute atomic E-state index is 13.6. The Hall–Kier alpha value is -2.99. The fraction of sp³-hybridized carbons (Fsp3) is 0.320. The molecule has 2 amide bonds. The second kappa shape index (κ2) is 8.63. The number of carbonyl (C=O) groups is 2. The van der Waals surface area contributed by atoms with Crippen LogP contribution in [-0.2, 0) is 11.3 Å². The summed E-state index contributed by atoms with van der Waals surface area (Å²) in [6, 6.07) is 15.4. The quantitative estimate of drug-likeness (QED) is 0.638. The van der Waals surface area contributed by atoms with Gasteiger partial charge in [0.25, 0.3) is 5.91 Å². The van der Waals surface area contributed by atoms with E-state index in [0.717, 1.165) is 41.7 Å². The highest BCUT2D eigenvalue weighted by Gasteiger charge is 2.47. The fourth-order valence-corrected chi connectivity index (χ4v) is 5.84. The molecule has 0 unspecified atom stereocenters. The van der Waals surface area contributed by atoms with Gasteiger partial charge in [-0.2, -0.15) is 0 Å². The predicted molar refractivity (Wildman–Crippen MR) is 121 cm³/mol. The highest BCUT2D eigenvalue weighted by molar-refractivity contribution is 7.10. The molecular weight excluding hydrogens is 406 g/mol. The molecule has 3 aromatic rings. The zero-order chi connectivity index (χ0) is 21.2. The van der Waals surface area contributed by atoms with Crippen molar-refractivity contribution >= 4 is 23.2 Å². The minimum atomic E-state index is -0.440. The first kappa shape index (κ1) is 19.9. The third kappa shape index (κ3) is 3.76. The molecule has 2 aliphatic rings. The molecule has 0 spiro atoms. The van der Waals surface area contributed by atoms with Gasteiger partial charge in [0.1, 0.15) is 0 Å². The molecule has 1 N–H and O–H groups in total. The minimum absolute atomic E-state index is 0.0507. The van der Waals surface area contributed by atoms with Crippen LogP contribution < -0.4 is 5.32 Å². The highest BCUT2D eigenvalue weighted by atomic mass is 32.1. The van der Waals surface area contributed by atoms with Crippen LogP contribution in [0.25, 0.3) is 0 Å². The Kier molecular flexibility index (Phi) is 5.55. The molecular formula is C25H25N3O2S. The molecule has 1 fully saturated rings. The Morgan fingerprint density at radius 3 is 2.68 bits per heavy atom. The number of fused-ring (bicyclic) bond motifs is 1. The van der Waals surface area contributed by atoms with Gasteiger partial charge in [-0.3, -0.25) is 14.6 Å². The van der Waals surface area contributed by atoms with E-state index in [0.29, 0.717) is 12.1 Å². The van der Waals surface area contributed by atoms with Crippen LogP contribution >= 0.6 is 11.3 Å². The van der Waals surface area contributed by atoms with Crippen molar-refractivity contribution < 1.29 is 9.59 Å². The lowest BCUT2D eigenvalue weighted by Crippen LogP contribution is -2.50. The van der Waals surface area contributed by atoms with Crippen LogP contribution in [0.5, 0.6) is 0 Å². The number of benzene rings is 1. The lowest BCUT2D eigenvalue weighted by atomic mass is 9.80. The van der Waals surface area contributed by atoms with Crippen molar-refractivity contribution in [3.05, 3.63) is 87.9 Å². The second-order valence-corrected chi connectivity index (χ2v) is 9.23. The summed E-state index contributed by atoms with van der Waals surface area (Å²) in [7, 11) is 0. The largest absolute Gasteiger partial charge is 0.351 e. The van der Waals surface area contributed by atoms with Gasteiger partial charge in [-0.15, -0.1) is 11.3 Å². The number of carbonyl (C=O) groups excluding carboxylic acids is 2. The number of hydrogen-bond donors (Lipinski definition) is 1. The Morgan fingerprint density at radius 1 is 1.10 bits per heavy atom. The van der Waals surface area contributed by atoms with Crippen LogP contribution in [0, 0.1) is 0 Å². The van der Waals surface area contributed by atoms with Crippen molar-refractivity contribution in [2.24, 2.45) is 0 Å². The summed E-state index contributed by atoms with van der Waals surface area (Å²) in [5, 5.41) is 5.14. The lowest BCUT2D eigenvalue weighted by Gasteiger charge is -2.44. The zero-order valence-electron chi connectivity index (χ0n) is 17.2. The van der Waals surface area contributed by atoms with Crippen LogP contribution in [-0.4, -0.2) is 27.7 Å². The third-order valence-corrected chi connectivity index (χ3v) is 7.34. The van der Waals surface area contributed by atoms with Crippen LogP contribution in [0.4, 0.5) is 0 Å². The van der Waals surface area contributed by atoms with Gasteiger partial charge in [0.2, 0.25) is 5.91 Å². The predicted octanol–water partition coefficient (Wildman–Crippen LogP) is 4.68. The van der Waals surface area contributed by atoms with E-state index in [1.54, 1.807) is 23.7 Å². The van der Waals surface area contributed by atoms with Crippen molar-refractivity contribution in [3.63, 3.8) is 0 Å². The van der Waals surface area contributed by atoms with E-state index >= 15 is 0 Å². The van der Waals surface area contributed by atoms with E-state index in [-0.39, 0.29) is 23.9 Å². The smallest absolute Gasteiger partial charge is 0.254 e. The summed E-state index contributed by atoms with van der Waals surface area (Å²) in [5.41, 5.74) is 2.43. The molecule has 6 heteroatoms. The van der Waals surface area contributed by atoms with Crippen molar-refractivity contribution in [3.8, 4) is 0 Å². The number of nitrogens with one attached hydrogen (secondary N) is 1. The Balaban J connectivity index is 1.56. The van der Waals surface area contributed by atoms with E-state index < -0.39 is 5.92 Å². The van der Waals surface area contributed by atoms with Gasteiger partial charge in [-0.1, -0.05) is 43.2 Å². The average molecular weight is 432 g/mol. The number of nitrogens with zero attached hydrogens (tertiary/aromatic N) is 2. The van der Waals surface area contributed by atoms with E-state index in [2.05, 4.69) is 16.4 Å². The number of amides is 2. The second-order valence-electron chi connectivity index (χ2n) is 8.25. The van der Waals surface area contributed by atoms with Gasteiger partial charge in [0.05, 0.1) is 12.0 Å². The van der Waals surface area contributed by atoms with Gasteiger partial charge < -0.3 is 10.2 Å². The van der Waals surface area contributed by atoms with Gasteiger partial charge in [0, 0.05) is 35.4 Å². The molecule has 2 atom stereocenters. The Morgan fingerprint density at radius 2 is 1.94 bits per heavy atom. The molecule has 0 saturated heterocycles. The van der Waals surface area contributed by atoms with Crippen molar-refractivity contribution in [1.82, 2.24) is 15.2 Å². The molecule has 5 rings (SSSR count). The van der Waals surface area contributed by atoms with E-state index in [9.17, 15) is 9.59 Å². The fourth-order valence-electron chi connectivity index (χ4n) is 4.98. The molecule has 0 radical (unpaired) electrons. The molecule has 31 heavy (non-hydrogen) atoms. The molecule has 3 heterocycles. The number of thiophene rings is 1. The molecule has 158 valence electrons. The van der Waals surface area contributed by atoms with E-state index in [1.165, 1.54) is 0 Å². The highest BCUT2D eigenvalue weighted by Crippen LogP contribution is 2.47. The molecule has 5 nitrogen and oxygen atoms in total. The van der Waals surface area contributed by atoms with Gasteiger partial charge in [-0.05, 0) is 47.5 Å². The summed E-state index contributed by atoms with van der Waals surface area (Å²) in [4.78, 5) is 34.5. The first-order valence-corrected chi connectivity index (χ1v) is 11.7. The zero-order valence-corrected chi connectivity index (χ0v) is 18.1. The number of rotatable bonds is 5. The first-order chi connectivity index (χ1) is 15.2. The van der Waals surface area contributed by atoms with Crippen LogP contribution in [0.3, 0.4) is 0 Å². The monoisotopic (exact) mass is 431 g/mol. The molecule has 2 aromatic heterocycles. The van der Waals surface area contributed by atoms with Crippen LogP contribution in [0.1, 0.15) is 64.0 Å². The van der Waals surface area contributed by atoms with Crippen molar-refractivity contribution in [2.75, 3.05) is 0 Å². The Bertz CT molecular complexity index is 1060. The molecule has 0 bridgehead atoms. The topological polar surface area (TPSA) is 62.3 Å². The van der Waals surface area contributed by atoms with Crippen LogP contribution in [0.2, 0.25) is 0 Å². The Labute approximate surface area is 186 Å². The van der Waals surface area contributed by atoms with Gasteiger partial charge in [-0.25, -0.2) is 0 Å². The van der Waals surface area contributed by atoms with Crippen molar-refractivity contribution in [1.29, 1.82) is 0 Å². The van der Waals surface area contributed by atoms with Crippen molar-refractivity contribution in [2.45, 2.75) is 50.2 Å². The summed E-state index contributed by atoms with van der Waals surface area (Å²) >= 11 is 1.62. The first-order valence-electron chi connectivity index (χ1n) is 10.9. The minimum Gasteiger partial charge on any atom is -0.351 e. The maximum Gasteiger partial charge on any atom is 0.254 e. The molecule has 1 saturated carbocycles. The lowest BCUT2D eigenvalue weighted by molar-refractivity contribution is -0.124. The maximum atomic E-state index is 13.6. The van der Waals surface area contributed by atoms with Crippen LogP contribution in [0.15, 0.2) is 66.3 Å². The SMILES string of the molecule is O=C(NCc1cccnc1)[C@H]1c2ccccc2C(=O)N(C2CCCC2)[C@@H]1c1cccs1. The summed E-state index contributed by atoms with van der Waals surface area (Å²) < 4.78 is 0. The number of hydrogen-bond acceptors (Lipinski definition) is 4. The molecule has 1 aliphatic carbocycles. The van der Waals surface area contributed by atoms with Gasteiger partial charge in [0.15, 0.2) is 0 Å². The average Bonchev–Trinajstić information content (AvgIpc) is 3.52. The van der Waals surface area contributed by atoms with E-state index in [1.807, 2.05) is 52.7 Å². The normalized spacial score (nSPS) is 21.2. The van der Waals surface area contributed by atoms with E-state index in [4.69, 9.17) is 0 Å². The molecule has 1 aliphatic heterocycles. The summed E-state index contributed by atoms with van der Waals surface area (Å²) in [6.45, 7) is 0.417. The molecule has 1 aromatic carbocycles. The number of pyridine rings is 1. The van der Waals surface area contributed by atoms with Gasteiger partial charge >= 0.3 is 0 Å². The third-order valence-electron chi connectivity index (χ3n) is 6.40. The number of aromatic nitrogens is 1. The standard InChI is InChI=1S/C25H25N3O2S/c29-24(27-16-17-7-5-13-26-15-17)22-19-10-3-4-11-20(19)25(30)28(18-8-1-2-9-18)23(22)21-12-6-14-31-21/h3-7,10-15,18,22-23H,1-2,8-9,16H2,(H,27,29)/t22-,23+/m0/s1. The summed E-state index contributed by atoms with van der Waals surface area (Å²) in [5.74, 6) is -0.438. The summed E-state index contributed by atoms with van der Waals surface area (Å²) in [6.07, 6.45) is 7.75.